The molecule has 0 saturated carbocycles. The summed E-state index contributed by atoms with van der Waals surface area (Å²) in [6, 6.07) is 15.4. The second-order valence-electron chi connectivity index (χ2n) is 12.7. The molecule has 13 heteroatoms. The van der Waals surface area contributed by atoms with Crippen molar-refractivity contribution in [1.82, 2.24) is 5.32 Å². The summed E-state index contributed by atoms with van der Waals surface area (Å²) in [7, 11) is -8.16. The Hall–Kier alpha value is -4.10. The zero-order chi connectivity index (χ0) is 33.8. The highest BCUT2D eigenvalue weighted by atomic mass is 32.2. The molecule has 3 aromatic rings. The molecule has 0 aromatic heterocycles. The highest BCUT2D eigenvalue weighted by Crippen LogP contribution is 2.26. The van der Waals surface area contributed by atoms with E-state index in [-0.39, 0.29) is 27.6 Å². The Bertz CT molecular complexity index is 1640. The number of hydrogen-bond donors (Lipinski definition) is 3. The summed E-state index contributed by atoms with van der Waals surface area (Å²) in [4.78, 5) is 25.9. The first kappa shape index (κ1) is 35.4. The van der Waals surface area contributed by atoms with E-state index >= 15 is 0 Å². The minimum absolute atomic E-state index is 0.00138. The van der Waals surface area contributed by atoms with Crippen molar-refractivity contribution in [3.8, 4) is 0 Å². The van der Waals surface area contributed by atoms with Gasteiger partial charge < -0.3 is 14.8 Å². The number of anilines is 2. The molecule has 45 heavy (non-hydrogen) atoms. The van der Waals surface area contributed by atoms with Crippen LogP contribution < -0.4 is 14.8 Å². The summed E-state index contributed by atoms with van der Waals surface area (Å²) in [5, 5.41) is 2.53. The van der Waals surface area contributed by atoms with Gasteiger partial charge in [-0.05, 0) is 103 Å². The van der Waals surface area contributed by atoms with Gasteiger partial charge in [0.15, 0.2) is 0 Å². The van der Waals surface area contributed by atoms with Gasteiger partial charge in [-0.3, -0.25) is 9.44 Å². The number of rotatable bonds is 10. The predicted molar refractivity (Wildman–Crippen MR) is 173 cm³/mol. The number of esters is 1. The summed E-state index contributed by atoms with van der Waals surface area (Å²) in [6.07, 6.45) is -1.05. The van der Waals surface area contributed by atoms with Crippen molar-refractivity contribution in [3.05, 3.63) is 83.4 Å². The molecule has 3 rings (SSSR count). The summed E-state index contributed by atoms with van der Waals surface area (Å²) in [6.45, 7) is 13.7. The SMILES string of the molecule is Cc1ccc(S(=O)(=O)Nc2cc(C[C@H](NC(=O)OC(C)(C)C)C(=O)OC(C)(C)C)cc(NS(=O)(=O)c3ccc(C)cc3)c2)cc1. The third-order valence-electron chi connectivity index (χ3n) is 5.98. The van der Waals surface area contributed by atoms with Crippen LogP contribution in [0.15, 0.2) is 76.5 Å². The van der Waals surface area contributed by atoms with Crippen LogP contribution in [0.4, 0.5) is 16.2 Å². The van der Waals surface area contributed by atoms with Gasteiger partial charge in [-0.1, -0.05) is 35.4 Å². The van der Waals surface area contributed by atoms with Gasteiger partial charge in [0.05, 0.1) is 21.2 Å². The van der Waals surface area contributed by atoms with Crippen LogP contribution in [0.2, 0.25) is 0 Å². The predicted octanol–water partition coefficient (Wildman–Crippen LogP) is 5.68. The third kappa shape index (κ3) is 11.1. The van der Waals surface area contributed by atoms with E-state index in [2.05, 4.69) is 14.8 Å². The second kappa shape index (κ2) is 13.5. The quantitative estimate of drug-likeness (QED) is 0.235. The summed E-state index contributed by atoms with van der Waals surface area (Å²) < 4.78 is 68.8. The van der Waals surface area contributed by atoms with Crippen molar-refractivity contribution in [2.75, 3.05) is 9.44 Å². The largest absolute Gasteiger partial charge is 0.458 e. The van der Waals surface area contributed by atoms with Gasteiger partial charge >= 0.3 is 12.1 Å². The average Bonchev–Trinajstić information content (AvgIpc) is 2.86. The molecule has 3 aromatic carbocycles. The standard InChI is InChI=1S/C32H41N3O8S2/c1-21-9-13-26(14-10-21)44(38,39)34-24-17-23(18-25(20-24)35-45(40,41)27-15-11-22(2)12-16-27)19-28(29(36)42-31(3,4)5)33-30(37)43-32(6,7)8/h9-18,20,28,34-35H,19H2,1-8H3,(H,33,37)/t28-/m0/s1. The van der Waals surface area contributed by atoms with Gasteiger partial charge in [-0.25, -0.2) is 26.4 Å². The molecule has 0 spiro atoms. The van der Waals surface area contributed by atoms with Gasteiger partial charge in [0.2, 0.25) is 0 Å². The maximum Gasteiger partial charge on any atom is 0.408 e. The lowest BCUT2D eigenvalue weighted by atomic mass is 10.0. The molecule has 0 unspecified atom stereocenters. The number of carbonyl (C=O) groups excluding carboxylic acids is 2. The Morgan fingerprint density at radius 3 is 1.44 bits per heavy atom. The molecule has 0 aliphatic heterocycles. The fourth-order valence-electron chi connectivity index (χ4n) is 4.04. The van der Waals surface area contributed by atoms with Crippen LogP contribution in [0.25, 0.3) is 0 Å². The van der Waals surface area contributed by atoms with Crippen molar-refractivity contribution in [1.29, 1.82) is 0 Å². The maximum atomic E-state index is 13.2. The first-order valence-electron chi connectivity index (χ1n) is 14.2. The van der Waals surface area contributed by atoms with Crippen LogP contribution in [0, 0.1) is 13.8 Å². The van der Waals surface area contributed by atoms with E-state index < -0.39 is 49.4 Å². The number of amides is 1. The van der Waals surface area contributed by atoms with Crippen LogP contribution in [-0.4, -0.2) is 46.1 Å². The normalized spacial score (nSPS) is 13.0. The molecule has 0 saturated heterocycles. The fraction of sp³-hybridized carbons (Fsp3) is 0.375. The van der Waals surface area contributed by atoms with E-state index in [1.165, 1.54) is 42.5 Å². The minimum atomic E-state index is -4.08. The summed E-state index contributed by atoms with van der Waals surface area (Å²) in [5.41, 5.74) is 0.366. The van der Waals surface area contributed by atoms with Crippen LogP contribution in [0.3, 0.4) is 0 Å². The van der Waals surface area contributed by atoms with Crippen LogP contribution in [0.5, 0.6) is 0 Å². The molecule has 0 aliphatic rings. The number of hydrogen-bond acceptors (Lipinski definition) is 8. The smallest absolute Gasteiger partial charge is 0.408 e. The Morgan fingerprint density at radius 1 is 0.667 bits per heavy atom. The van der Waals surface area contributed by atoms with Crippen LogP contribution in [0.1, 0.15) is 58.2 Å². The lowest BCUT2D eigenvalue weighted by molar-refractivity contribution is -0.157. The molecule has 0 fully saturated rings. The van der Waals surface area contributed by atoms with Gasteiger partial charge in [0.1, 0.15) is 17.2 Å². The van der Waals surface area contributed by atoms with Crippen molar-refractivity contribution in [3.63, 3.8) is 0 Å². The summed E-state index contributed by atoms with van der Waals surface area (Å²) >= 11 is 0. The number of sulfonamides is 2. The van der Waals surface area contributed by atoms with Crippen molar-refractivity contribution in [2.45, 2.75) is 88.8 Å². The molecule has 3 N–H and O–H groups in total. The second-order valence-corrected chi connectivity index (χ2v) is 16.1. The zero-order valence-corrected chi connectivity index (χ0v) is 28.4. The molecule has 0 aliphatic carbocycles. The Labute approximate surface area is 265 Å². The van der Waals surface area contributed by atoms with Gasteiger partial charge in [0, 0.05) is 6.42 Å². The molecular formula is C32H41N3O8S2. The first-order chi connectivity index (χ1) is 20.6. The number of nitrogens with one attached hydrogen (secondary N) is 3. The van der Waals surface area contributed by atoms with Crippen molar-refractivity contribution < 1.29 is 35.9 Å². The Morgan fingerprint density at radius 2 is 1.07 bits per heavy atom. The van der Waals surface area contributed by atoms with Gasteiger partial charge in [0.25, 0.3) is 20.0 Å². The topological polar surface area (TPSA) is 157 Å². The minimum Gasteiger partial charge on any atom is -0.458 e. The lowest BCUT2D eigenvalue weighted by Crippen LogP contribution is -2.47. The lowest BCUT2D eigenvalue weighted by Gasteiger charge is -2.26. The van der Waals surface area contributed by atoms with Crippen molar-refractivity contribution >= 4 is 43.5 Å². The number of carbonyl (C=O) groups is 2. The van der Waals surface area contributed by atoms with E-state index in [0.717, 1.165) is 11.1 Å². The average molecular weight is 660 g/mol. The molecule has 0 heterocycles. The van der Waals surface area contributed by atoms with Gasteiger partial charge in [-0.2, -0.15) is 0 Å². The van der Waals surface area contributed by atoms with E-state index in [1.54, 1.807) is 65.8 Å². The molecule has 1 atom stereocenters. The highest BCUT2D eigenvalue weighted by molar-refractivity contribution is 7.93. The van der Waals surface area contributed by atoms with Gasteiger partial charge in [-0.15, -0.1) is 0 Å². The maximum absolute atomic E-state index is 13.2. The van der Waals surface area contributed by atoms with E-state index in [4.69, 9.17) is 9.47 Å². The number of ether oxygens (including phenoxy) is 2. The fourth-order valence-corrected chi connectivity index (χ4v) is 6.12. The number of benzene rings is 3. The molecule has 244 valence electrons. The Kier molecular flexibility index (Phi) is 10.6. The summed E-state index contributed by atoms with van der Waals surface area (Å²) in [5.74, 6) is -0.763. The van der Waals surface area contributed by atoms with Crippen LogP contribution >= 0.6 is 0 Å². The Balaban J connectivity index is 2.06. The van der Waals surface area contributed by atoms with E-state index in [9.17, 15) is 26.4 Å². The van der Waals surface area contributed by atoms with Crippen LogP contribution in [-0.2, 0) is 40.7 Å². The molecule has 1 amide bonds. The molecule has 11 nitrogen and oxygen atoms in total. The monoisotopic (exact) mass is 659 g/mol. The zero-order valence-electron chi connectivity index (χ0n) is 26.7. The molecule has 0 bridgehead atoms. The first-order valence-corrected chi connectivity index (χ1v) is 17.1. The third-order valence-corrected chi connectivity index (χ3v) is 8.78. The highest BCUT2D eigenvalue weighted by Gasteiger charge is 2.29. The number of alkyl carbamates (subject to hydrolysis) is 1. The molecular weight excluding hydrogens is 618 g/mol. The number of aryl methyl sites for hydroxylation is 2. The molecule has 0 radical (unpaired) electrons. The van der Waals surface area contributed by atoms with E-state index in [0.29, 0.717) is 5.56 Å². The van der Waals surface area contributed by atoms with E-state index in [1.807, 2.05) is 13.8 Å². The van der Waals surface area contributed by atoms with Crippen molar-refractivity contribution in [2.24, 2.45) is 0 Å².